The lowest BCUT2D eigenvalue weighted by atomic mass is 10.3. The summed E-state index contributed by atoms with van der Waals surface area (Å²) in [6, 6.07) is 18.8. The largest absolute Gasteiger partial charge is 0.361 e. The molecule has 8 nitrogen and oxygen atoms in total. The molecular weight excluding hydrogens is 381 g/mol. The van der Waals surface area contributed by atoms with Crippen molar-refractivity contribution in [2.24, 2.45) is 4.74 Å². The lowest BCUT2D eigenvalue weighted by Gasteiger charge is -2.19. The van der Waals surface area contributed by atoms with Gasteiger partial charge in [-0.2, -0.15) is 4.74 Å². The van der Waals surface area contributed by atoms with Gasteiger partial charge in [-0.05, 0) is 24.3 Å². The first-order valence-electron chi connectivity index (χ1n) is 8.34. The molecule has 9 heteroatoms. The molecule has 0 N–H and O–H groups in total. The minimum absolute atomic E-state index is 0.0762. The number of benzene rings is 2. The zero-order valence-electron chi connectivity index (χ0n) is 15.7. The van der Waals surface area contributed by atoms with Crippen molar-refractivity contribution >= 4 is 13.6 Å². The molecule has 0 aliphatic heterocycles. The second-order valence-electron chi connectivity index (χ2n) is 5.58. The fourth-order valence-electron chi connectivity index (χ4n) is 2.71. The number of nitrogens with zero attached hydrogens (tertiary/aromatic N) is 3. The fraction of sp³-hybridized carbons (Fsp3) is 0.158. The van der Waals surface area contributed by atoms with Crippen molar-refractivity contribution in [3.05, 3.63) is 87.6 Å². The first-order valence-corrected chi connectivity index (χ1v) is 9.84. The van der Waals surface area contributed by atoms with Gasteiger partial charge in [-0.3, -0.25) is 4.79 Å². The molecular formula is C19H20N3O5P. The molecule has 1 aromatic heterocycles. The number of hydrogen-bond acceptors (Lipinski definition) is 6. The second-order valence-corrected chi connectivity index (χ2v) is 7.81. The van der Waals surface area contributed by atoms with Gasteiger partial charge in [0.1, 0.15) is 0 Å². The fourth-order valence-corrected chi connectivity index (χ4v) is 3.80. The van der Waals surface area contributed by atoms with Gasteiger partial charge < -0.3 is 13.6 Å². The number of aromatic nitrogens is 2. The highest BCUT2D eigenvalue weighted by atomic mass is 31.2. The predicted molar refractivity (Wildman–Crippen MR) is 108 cm³/mol. The Bertz CT molecular complexity index is 1100. The van der Waals surface area contributed by atoms with Crippen molar-refractivity contribution in [1.82, 2.24) is 9.13 Å². The topological polar surface area (TPSA) is 84.1 Å². The predicted octanol–water partition coefficient (Wildman–Crippen LogP) is 3.51. The zero-order chi connectivity index (χ0) is 20.1. The van der Waals surface area contributed by atoms with Crippen molar-refractivity contribution in [1.29, 1.82) is 0 Å². The highest BCUT2D eigenvalue weighted by Gasteiger charge is 2.22. The minimum Gasteiger partial charge on any atom is -0.306 e. The van der Waals surface area contributed by atoms with Crippen LogP contribution in [0.15, 0.2) is 81.1 Å². The molecule has 0 amide bonds. The Hall–Kier alpha value is -2.77. The molecule has 3 aromatic rings. The van der Waals surface area contributed by atoms with E-state index in [4.69, 9.17) is 13.6 Å². The maximum atomic E-state index is 13.3. The quantitative estimate of drug-likeness (QED) is 0.590. The molecule has 28 heavy (non-hydrogen) atoms. The summed E-state index contributed by atoms with van der Waals surface area (Å²) in [5.74, 6) is 0.0762. The maximum Gasteiger partial charge on any atom is 0.361 e. The summed E-state index contributed by atoms with van der Waals surface area (Å²) < 4.78 is 22.7. The van der Waals surface area contributed by atoms with Crippen LogP contribution in [0, 0.1) is 0 Å². The Labute approximate surface area is 161 Å². The van der Waals surface area contributed by atoms with Crippen molar-refractivity contribution in [3.63, 3.8) is 0 Å². The number of hydrogen-bond donors (Lipinski definition) is 0. The third-order valence-corrected chi connectivity index (χ3v) is 5.86. The van der Waals surface area contributed by atoms with Gasteiger partial charge in [0.2, 0.25) is 0 Å². The van der Waals surface area contributed by atoms with E-state index in [1.807, 2.05) is 12.1 Å². The molecule has 0 atom stereocenters. The van der Waals surface area contributed by atoms with Crippen LogP contribution in [0.2, 0.25) is 0 Å². The van der Waals surface area contributed by atoms with Crippen LogP contribution in [-0.4, -0.2) is 30.5 Å². The Balaban J connectivity index is 2.41. The lowest BCUT2D eigenvalue weighted by molar-refractivity contribution is 0.224. The molecule has 0 unspecified atom stereocenters. The van der Waals surface area contributed by atoms with E-state index in [2.05, 4.69) is 4.74 Å². The summed E-state index contributed by atoms with van der Waals surface area (Å²) in [7, 11) is 1.05. The standard InChI is InChI=1S/C19H20N3O5P/c1-25-28(26-2,27-3)20-17-14-18(23)22(16-12-8-5-9-13-16)19(24)21(17)15-10-6-4-7-11-15/h4-14H,1-3H3. The van der Waals surface area contributed by atoms with Crippen LogP contribution in [0.4, 0.5) is 5.82 Å². The van der Waals surface area contributed by atoms with Crippen molar-refractivity contribution in [3.8, 4) is 11.4 Å². The van der Waals surface area contributed by atoms with Crippen LogP contribution >= 0.6 is 7.74 Å². The van der Waals surface area contributed by atoms with Crippen LogP contribution in [0.5, 0.6) is 0 Å². The molecule has 0 saturated heterocycles. The smallest absolute Gasteiger partial charge is 0.306 e. The number of para-hydroxylation sites is 2. The SMILES string of the molecule is COP(=Nc1cc(=O)n(-c2ccccc2)c(=O)n1-c1ccccc1)(OC)OC. The van der Waals surface area contributed by atoms with Gasteiger partial charge in [0.25, 0.3) is 5.56 Å². The minimum atomic E-state index is -3.12. The molecule has 0 radical (unpaired) electrons. The van der Waals surface area contributed by atoms with Crippen LogP contribution in [0.3, 0.4) is 0 Å². The normalized spacial score (nSPS) is 11.4. The van der Waals surface area contributed by atoms with Gasteiger partial charge in [0, 0.05) is 27.4 Å². The monoisotopic (exact) mass is 401 g/mol. The third-order valence-electron chi connectivity index (χ3n) is 4.03. The van der Waals surface area contributed by atoms with Crippen molar-refractivity contribution in [2.75, 3.05) is 21.3 Å². The Kier molecular flexibility index (Phi) is 6.06. The van der Waals surface area contributed by atoms with E-state index >= 15 is 0 Å². The molecule has 0 aliphatic carbocycles. The molecule has 0 aliphatic rings. The Morgan fingerprint density at radius 3 is 1.68 bits per heavy atom. The van der Waals surface area contributed by atoms with Gasteiger partial charge in [0.05, 0.1) is 11.4 Å². The lowest BCUT2D eigenvalue weighted by Crippen LogP contribution is -2.37. The first kappa shape index (κ1) is 20.0. The second kappa shape index (κ2) is 8.50. The van der Waals surface area contributed by atoms with E-state index in [0.29, 0.717) is 11.4 Å². The van der Waals surface area contributed by atoms with Crippen LogP contribution < -0.4 is 11.2 Å². The molecule has 0 fully saturated rings. The summed E-state index contributed by atoms with van der Waals surface area (Å²) in [5.41, 5.74) is -0.0917. The van der Waals surface area contributed by atoms with Gasteiger partial charge in [-0.1, -0.05) is 36.4 Å². The van der Waals surface area contributed by atoms with Gasteiger partial charge >= 0.3 is 13.4 Å². The summed E-state index contributed by atoms with van der Waals surface area (Å²) in [4.78, 5) is 26.1. The molecule has 1 heterocycles. The average Bonchev–Trinajstić information content (AvgIpc) is 2.73. The molecule has 146 valence electrons. The highest BCUT2D eigenvalue weighted by molar-refractivity contribution is 7.51. The molecule has 0 bridgehead atoms. The van der Waals surface area contributed by atoms with E-state index in [0.717, 1.165) is 4.57 Å². The van der Waals surface area contributed by atoms with Crippen LogP contribution in [-0.2, 0) is 13.6 Å². The average molecular weight is 401 g/mol. The van der Waals surface area contributed by atoms with E-state index < -0.39 is 19.0 Å². The summed E-state index contributed by atoms with van der Waals surface area (Å²) in [6.07, 6.45) is 0. The Morgan fingerprint density at radius 2 is 1.21 bits per heavy atom. The van der Waals surface area contributed by atoms with E-state index in [1.54, 1.807) is 48.5 Å². The van der Waals surface area contributed by atoms with Crippen LogP contribution in [0.25, 0.3) is 11.4 Å². The number of rotatable bonds is 6. The maximum absolute atomic E-state index is 13.3. The van der Waals surface area contributed by atoms with Gasteiger partial charge in [-0.15, -0.1) is 0 Å². The zero-order valence-corrected chi connectivity index (χ0v) is 16.6. The van der Waals surface area contributed by atoms with E-state index in [9.17, 15) is 9.59 Å². The van der Waals surface area contributed by atoms with E-state index in [1.165, 1.54) is 32.0 Å². The van der Waals surface area contributed by atoms with Gasteiger partial charge in [-0.25, -0.2) is 13.9 Å². The molecule has 0 saturated carbocycles. The highest BCUT2D eigenvalue weighted by Crippen LogP contribution is 2.53. The van der Waals surface area contributed by atoms with Crippen molar-refractivity contribution in [2.45, 2.75) is 0 Å². The summed E-state index contributed by atoms with van der Waals surface area (Å²) >= 11 is 0. The molecule has 3 rings (SSSR count). The molecule has 0 spiro atoms. The van der Waals surface area contributed by atoms with Crippen molar-refractivity contribution < 1.29 is 13.6 Å². The first-order chi connectivity index (χ1) is 13.5. The third kappa shape index (κ3) is 3.76. The summed E-state index contributed by atoms with van der Waals surface area (Å²) in [6.45, 7) is 0. The molecule has 2 aromatic carbocycles. The van der Waals surface area contributed by atoms with Crippen LogP contribution in [0.1, 0.15) is 0 Å². The van der Waals surface area contributed by atoms with Gasteiger partial charge in [0.15, 0.2) is 5.82 Å². The Morgan fingerprint density at radius 1 is 0.750 bits per heavy atom. The van der Waals surface area contributed by atoms with E-state index in [-0.39, 0.29) is 5.82 Å². The summed E-state index contributed by atoms with van der Waals surface area (Å²) in [5, 5.41) is 0.